The molecule has 5 nitrogen and oxygen atoms in total. The van der Waals surface area contributed by atoms with E-state index in [1.165, 1.54) is 4.90 Å². The molecule has 0 unspecified atom stereocenters. The van der Waals surface area contributed by atoms with Crippen LogP contribution in [0.25, 0.3) is 16.8 Å². The SMILES string of the molecule is CCc1ccc(N2C(=O)/C(=C/c3c(OCc4ccc(Cl)cc4)ccc4ccccc34)C(=O)NC2=S)cc1. The molecule has 4 aromatic rings. The fourth-order valence-corrected chi connectivity index (χ4v) is 4.62. The van der Waals surface area contributed by atoms with Gasteiger partial charge in [0.1, 0.15) is 17.9 Å². The smallest absolute Gasteiger partial charge is 0.270 e. The highest BCUT2D eigenvalue weighted by Gasteiger charge is 2.34. The number of hydrogen-bond acceptors (Lipinski definition) is 4. The number of nitrogens with one attached hydrogen (secondary N) is 1. The van der Waals surface area contributed by atoms with Crippen LogP contribution in [0.15, 0.2) is 90.5 Å². The van der Waals surface area contributed by atoms with Gasteiger partial charge in [-0.15, -0.1) is 0 Å². The topological polar surface area (TPSA) is 58.6 Å². The first kappa shape index (κ1) is 24.7. The Bertz CT molecular complexity index is 1550. The molecule has 37 heavy (non-hydrogen) atoms. The molecular weight excluding hydrogens is 504 g/mol. The minimum Gasteiger partial charge on any atom is -0.488 e. The number of aryl methyl sites for hydroxylation is 1. The van der Waals surface area contributed by atoms with E-state index in [1.807, 2.05) is 72.8 Å². The average Bonchev–Trinajstić information content (AvgIpc) is 2.91. The van der Waals surface area contributed by atoms with Crippen molar-refractivity contribution in [1.82, 2.24) is 5.32 Å². The highest BCUT2D eigenvalue weighted by molar-refractivity contribution is 7.80. The maximum absolute atomic E-state index is 13.6. The second-order valence-electron chi connectivity index (χ2n) is 8.59. The van der Waals surface area contributed by atoms with Gasteiger partial charge in [0, 0.05) is 10.6 Å². The molecule has 1 N–H and O–H groups in total. The lowest BCUT2D eigenvalue weighted by atomic mass is 9.99. The molecule has 0 spiro atoms. The molecule has 0 saturated carbocycles. The Balaban J connectivity index is 1.56. The molecule has 1 aliphatic heterocycles. The van der Waals surface area contributed by atoms with Gasteiger partial charge in [-0.1, -0.05) is 73.1 Å². The van der Waals surface area contributed by atoms with Crippen molar-refractivity contribution in [3.05, 3.63) is 112 Å². The molecule has 0 aromatic heterocycles. The lowest BCUT2D eigenvalue weighted by Crippen LogP contribution is -2.54. The van der Waals surface area contributed by atoms with Crippen molar-refractivity contribution in [3.63, 3.8) is 0 Å². The third-order valence-electron chi connectivity index (χ3n) is 6.23. The van der Waals surface area contributed by atoms with Gasteiger partial charge in [0.15, 0.2) is 5.11 Å². The summed E-state index contributed by atoms with van der Waals surface area (Å²) in [6.07, 6.45) is 2.47. The molecule has 1 saturated heterocycles. The number of halogens is 1. The Morgan fingerprint density at radius 3 is 2.35 bits per heavy atom. The molecule has 0 radical (unpaired) electrons. The predicted molar refractivity (Wildman–Crippen MR) is 152 cm³/mol. The summed E-state index contributed by atoms with van der Waals surface area (Å²) in [4.78, 5) is 28.0. The summed E-state index contributed by atoms with van der Waals surface area (Å²) in [5, 5.41) is 5.18. The van der Waals surface area contributed by atoms with Crippen molar-refractivity contribution < 1.29 is 14.3 Å². The number of rotatable bonds is 6. The molecule has 5 rings (SSSR count). The lowest BCUT2D eigenvalue weighted by molar-refractivity contribution is -0.122. The fraction of sp³-hybridized carbons (Fsp3) is 0.100. The molecule has 7 heteroatoms. The summed E-state index contributed by atoms with van der Waals surface area (Å²) in [6.45, 7) is 2.36. The van der Waals surface area contributed by atoms with Crippen LogP contribution in [0.5, 0.6) is 5.75 Å². The van der Waals surface area contributed by atoms with Crippen LogP contribution in [0.4, 0.5) is 5.69 Å². The van der Waals surface area contributed by atoms with Crippen LogP contribution in [0.1, 0.15) is 23.6 Å². The monoisotopic (exact) mass is 526 g/mol. The number of anilines is 1. The summed E-state index contributed by atoms with van der Waals surface area (Å²) in [5.41, 5.74) is 3.28. The third-order valence-corrected chi connectivity index (χ3v) is 6.77. The molecule has 184 valence electrons. The number of hydrogen-bond donors (Lipinski definition) is 1. The van der Waals surface area contributed by atoms with E-state index in [2.05, 4.69) is 12.2 Å². The van der Waals surface area contributed by atoms with Crippen molar-refractivity contribution >= 4 is 63.3 Å². The van der Waals surface area contributed by atoms with Gasteiger partial charge < -0.3 is 4.74 Å². The van der Waals surface area contributed by atoms with Crippen molar-refractivity contribution in [2.75, 3.05) is 4.90 Å². The molecule has 0 aliphatic carbocycles. The van der Waals surface area contributed by atoms with Crippen LogP contribution < -0.4 is 15.0 Å². The molecule has 2 amide bonds. The summed E-state index contributed by atoms with van der Waals surface area (Å²) >= 11 is 11.4. The minimum atomic E-state index is -0.548. The third kappa shape index (κ3) is 5.12. The van der Waals surface area contributed by atoms with Crippen LogP contribution in [0.3, 0.4) is 0 Å². The van der Waals surface area contributed by atoms with Gasteiger partial charge in [-0.2, -0.15) is 0 Å². The first-order valence-corrected chi connectivity index (χ1v) is 12.6. The number of thiocarbonyl (C=S) groups is 1. The van der Waals surface area contributed by atoms with Crippen LogP contribution >= 0.6 is 23.8 Å². The largest absolute Gasteiger partial charge is 0.488 e. The normalized spacial score (nSPS) is 14.8. The van der Waals surface area contributed by atoms with E-state index in [0.29, 0.717) is 28.6 Å². The highest BCUT2D eigenvalue weighted by atomic mass is 35.5. The number of ether oxygens (including phenoxy) is 1. The van der Waals surface area contributed by atoms with Crippen LogP contribution in [0, 0.1) is 0 Å². The molecular formula is C30H23ClN2O3S. The predicted octanol–water partition coefficient (Wildman–Crippen LogP) is 6.47. The Kier molecular flexibility index (Phi) is 7.04. The number of carbonyl (C=O) groups excluding carboxylic acids is 2. The van der Waals surface area contributed by atoms with Crippen molar-refractivity contribution in [1.29, 1.82) is 0 Å². The van der Waals surface area contributed by atoms with Crippen molar-refractivity contribution in [2.24, 2.45) is 0 Å². The Labute approximate surface area is 225 Å². The van der Waals surface area contributed by atoms with E-state index in [4.69, 9.17) is 28.6 Å². The number of carbonyl (C=O) groups is 2. The van der Waals surface area contributed by atoms with E-state index in [1.54, 1.807) is 18.2 Å². The minimum absolute atomic E-state index is 0.0270. The quantitative estimate of drug-likeness (QED) is 0.178. The Morgan fingerprint density at radius 1 is 0.919 bits per heavy atom. The standard InChI is InChI=1S/C30H23ClN2O3S/c1-2-19-9-14-23(15-10-19)33-29(35)26(28(34)32-30(33)37)17-25-24-6-4-3-5-21(24)11-16-27(25)36-18-20-7-12-22(31)13-8-20/h3-17H,2,18H2,1H3,(H,32,34,37)/b26-17+. The molecule has 4 aromatic carbocycles. The maximum Gasteiger partial charge on any atom is 0.270 e. The van der Waals surface area contributed by atoms with Gasteiger partial charge in [0.25, 0.3) is 11.8 Å². The highest BCUT2D eigenvalue weighted by Crippen LogP contribution is 2.32. The van der Waals surface area contributed by atoms with Crippen LogP contribution in [0.2, 0.25) is 5.02 Å². The number of fused-ring (bicyclic) bond motifs is 1. The Morgan fingerprint density at radius 2 is 1.62 bits per heavy atom. The summed E-state index contributed by atoms with van der Waals surface area (Å²) in [6, 6.07) is 26.5. The zero-order chi connectivity index (χ0) is 25.9. The molecule has 0 atom stereocenters. The number of amides is 2. The van der Waals surface area contributed by atoms with Crippen molar-refractivity contribution in [2.45, 2.75) is 20.0 Å². The molecule has 1 aliphatic rings. The van der Waals surface area contributed by atoms with E-state index in [9.17, 15) is 9.59 Å². The van der Waals surface area contributed by atoms with Crippen molar-refractivity contribution in [3.8, 4) is 5.75 Å². The number of benzene rings is 4. The molecule has 1 fully saturated rings. The lowest BCUT2D eigenvalue weighted by Gasteiger charge is -2.29. The van der Waals surface area contributed by atoms with Gasteiger partial charge in [0.2, 0.25) is 0 Å². The van der Waals surface area contributed by atoms with Gasteiger partial charge in [-0.3, -0.25) is 19.8 Å². The fourth-order valence-electron chi connectivity index (χ4n) is 4.21. The zero-order valence-corrected chi connectivity index (χ0v) is 21.6. The summed E-state index contributed by atoms with van der Waals surface area (Å²) in [5.74, 6) is -0.489. The molecule has 0 bridgehead atoms. The first-order valence-electron chi connectivity index (χ1n) is 11.8. The molecule has 1 heterocycles. The number of nitrogens with zero attached hydrogens (tertiary/aromatic N) is 1. The first-order chi connectivity index (χ1) is 17.9. The summed E-state index contributed by atoms with van der Waals surface area (Å²) < 4.78 is 6.17. The van der Waals surface area contributed by atoms with E-state index >= 15 is 0 Å². The Hall–Kier alpha value is -4.00. The second-order valence-corrected chi connectivity index (χ2v) is 9.41. The van der Waals surface area contributed by atoms with Gasteiger partial charge in [-0.05, 0) is 76.9 Å². The second kappa shape index (κ2) is 10.5. The zero-order valence-electron chi connectivity index (χ0n) is 20.0. The maximum atomic E-state index is 13.6. The van der Waals surface area contributed by atoms with Gasteiger partial charge in [0.05, 0.1) is 5.69 Å². The van der Waals surface area contributed by atoms with E-state index < -0.39 is 11.8 Å². The van der Waals surface area contributed by atoms with E-state index in [0.717, 1.165) is 28.3 Å². The van der Waals surface area contributed by atoms with E-state index in [-0.39, 0.29) is 10.7 Å². The van der Waals surface area contributed by atoms with Gasteiger partial charge >= 0.3 is 0 Å². The average molecular weight is 527 g/mol. The summed E-state index contributed by atoms with van der Waals surface area (Å²) in [7, 11) is 0. The van der Waals surface area contributed by atoms with Crippen LogP contribution in [-0.2, 0) is 22.6 Å². The van der Waals surface area contributed by atoms with Gasteiger partial charge in [-0.25, -0.2) is 0 Å². The van der Waals surface area contributed by atoms with Crippen LogP contribution in [-0.4, -0.2) is 16.9 Å².